The van der Waals surface area contributed by atoms with E-state index < -0.39 is 15.9 Å². The van der Waals surface area contributed by atoms with Crippen molar-refractivity contribution in [1.82, 2.24) is 5.32 Å². The van der Waals surface area contributed by atoms with E-state index in [-0.39, 0.29) is 17.3 Å². The lowest BCUT2D eigenvalue weighted by Gasteiger charge is -2.23. The van der Waals surface area contributed by atoms with Crippen molar-refractivity contribution in [3.63, 3.8) is 0 Å². The summed E-state index contributed by atoms with van der Waals surface area (Å²) in [7, 11) is 0.681. The summed E-state index contributed by atoms with van der Waals surface area (Å²) >= 11 is 3.38. The number of ether oxygens (including phenoxy) is 2. The number of anilines is 1. The van der Waals surface area contributed by atoms with E-state index in [0.717, 1.165) is 20.6 Å². The minimum absolute atomic E-state index is 0.162. The van der Waals surface area contributed by atoms with Crippen LogP contribution in [-0.4, -0.2) is 41.8 Å². The number of methoxy groups -OCH3 is 2. The van der Waals surface area contributed by atoms with Crippen LogP contribution in [0.1, 0.15) is 28.9 Å². The molecule has 2 aromatic rings. The molecule has 0 fully saturated rings. The van der Waals surface area contributed by atoms with Gasteiger partial charge >= 0.3 is 0 Å². The Hall–Kier alpha value is -2.26. The second-order valence-corrected chi connectivity index (χ2v) is 9.13. The van der Waals surface area contributed by atoms with Crippen LogP contribution in [0, 0.1) is 0 Å². The largest absolute Gasteiger partial charge is 0.493 e. The van der Waals surface area contributed by atoms with E-state index in [4.69, 9.17) is 9.47 Å². The number of carbonyl (C=O) groups is 1. The first-order valence-electron chi connectivity index (χ1n) is 8.34. The smallest absolute Gasteiger partial charge is 0.254 e. The second-order valence-electron chi connectivity index (χ2n) is 6.20. The van der Waals surface area contributed by atoms with Gasteiger partial charge < -0.3 is 14.8 Å². The summed E-state index contributed by atoms with van der Waals surface area (Å²) in [5, 5.41) is 2.90. The van der Waals surface area contributed by atoms with Crippen molar-refractivity contribution in [2.75, 3.05) is 31.8 Å². The molecule has 0 heterocycles. The van der Waals surface area contributed by atoms with Crippen LogP contribution in [0.3, 0.4) is 0 Å². The Bertz CT molecular complexity index is 961. The molecule has 2 rings (SSSR count). The number of benzene rings is 2. The first kappa shape index (κ1) is 22.0. The Labute approximate surface area is 173 Å². The van der Waals surface area contributed by atoms with E-state index in [1.165, 1.54) is 33.4 Å². The lowest BCUT2D eigenvalue weighted by Crippen LogP contribution is -2.31. The minimum Gasteiger partial charge on any atom is -0.493 e. The topological polar surface area (TPSA) is 84.9 Å². The number of sulfonamides is 1. The molecule has 0 aromatic heterocycles. The molecule has 2 aromatic carbocycles. The average molecular weight is 471 g/mol. The summed E-state index contributed by atoms with van der Waals surface area (Å²) in [6.07, 6.45) is 1.07. The summed E-state index contributed by atoms with van der Waals surface area (Å²) in [5.74, 6) is 0.224. The number of halogens is 1. The zero-order valence-electron chi connectivity index (χ0n) is 16.3. The third-order valence-electron chi connectivity index (χ3n) is 4.30. The molecular weight excluding hydrogens is 448 g/mol. The fourth-order valence-electron chi connectivity index (χ4n) is 2.60. The van der Waals surface area contributed by atoms with E-state index in [2.05, 4.69) is 21.2 Å². The predicted molar refractivity (Wildman–Crippen MR) is 113 cm³/mol. The van der Waals surface area contributed by atoms with Crippen molar-refractivity contribution in [1.29, 1.82) is 0 Å². The molecule has 0 aliphatic heterocycles. The third-order valence-corrected chi connectivity index (χ3v) is 6.02. The molecule has 1 N–H and O–H groups in total. The predicted octanol–water partition coefficient (Wildman–Crippen LogP) is 3.35. The van der Waals surface area contributed by atoms with Gasteiger partial charge in [0, 0.05) is 17.6 Å². The fraction of sp³-hybridized carbons (Fsp3) is 0.316. The van der Waals surface area contributed by atoms with Gasteiger partial charge in [0.1, 0.15) is 0 Å². The molecule has 1 amide bonds. The number of hydrogen-bond donors (Lipinski definition) is 1. The van der Waals surface area contributed by atoms with Gasteiger partial charge in [-0.3, -0.25) is 9.10 Å². The van der Waals surface area contributed by atoms with Gasteiger partial charge in [-0.15, -0.1) is 0 Å². The number of hydrogen-bond acceptors (Lipinski definition) is 5. The number of nitrogens with one attached hydrogen (secondary N) is 1. The summed E-state index contributed by atoms with van der Waals surface area (Å²) in [6.45, 7) is 1.85. The fourth-order valence-corrected chi connectivity index (χ4v) is 3.37. The van der Waals surface area contributed by atoms with Gasteiger partial charge in [0.25, 0.3) is 5.91 Å². The molecule has 0 bridgehead atoms. The van der Waals surface area contributed by atoms with Gasteiger partial charge in [-0.2, -0.15) is 0 Å². The Kier molecular flexibility index (Phi) is 6.95. The van der Waals surface area contributed by atoms with Gasteiger partial charge in [0.05, 0.1) is 37.8 Å². The van der Waals surface area contributed by atoms with E-state index in [0.29, 0.717) is 11.5 Å². The van der Waals surface area contributed by atoms with Crippen molar-refractivity contribution < 1.29 is 22.7 Å². The highest BCUT2D eigenvalue weighted by molar-refractivity contribution is 9.10. The van der Waals surface area contributed by atoms with Crippen LogP contribution in [0.25, 0.3) is 0 Å². The Morgan fingerprint density at radius 3 is 2.14 bits per heavy atom. The molecular formula is C19H23BrN2O5S. The maximum Gasteiger partial charge on any atom is 0.254 e. The number of amides is 1. The Morgan fingerprint density at radius 1 is 1.11 bits per heavy atom. The van der Waals surface area contributed by atoms with Crippen molar-refractivity contribution in [3.8, 4) is 11.5 Å². The molecule has 152 valence electrons. The SMILES string of the molecule is COc1cc(C(=O)N[C@@H](C)c2ccc(Br)cc2)c(N(C)S(C)(=O)=O)cc1OC. The Morgan fingerprint density at radius 2 is 1.64 bits per heavy atom. The standard InChI is InChI=1S/C19H23BrN2O5S/c1-12(13-6-8-14(20)9-7-13)21-19(23)15-10-17(26-3)18(27-4)11-16(15)22(2)28(5,24)25/h6-12H,1-5H3,(H,21,23)/t12-/m0/s1. The molecule has 28 heavy (non-hydrogen) atoms. The van der Waals surface area contributed by atoms with Crippen LogP contribution >= 0.6 is 15.9 Å². The van der Waals surface area contributed by atoms with Gasteiger partial charge in [-0.1, -0.05) is 28.1 Å². The summed E-state index contributed by atoms with van der Waals surface area (Å²) < 4.78 is 36.6. The number of carbonyl (C=O) groups excluding carboxylic acids is 1. The van der Waals surface area contributed by atoms with Gasteiger partial charge in [0.2, 0.25) is 10.0 Å². The molecule has 0 saturated carbocycles. The van der Waals surface area contributed by atoms with Crippen LogP contribution < -0.4 is 19.1 Å². The quantitative estimate of drug-likeness (QED) is 0.670. The van der Waals surface area contributed by atoms with Gasteiger partial charge in [0.15, 0.2) is 11.5 Å². The van der Waals surface area contributed by atoms with Crippen molar-refractivity contribution in [3.05, 3.63) is 52.0 Å². The van der Waals surface area contributed by atoms with Crippen molar-refractivity contribution >= 4 is 37.5 Å². The maximum atomic E-state index is 13.0. The molecule has 0 aliphatic rings. The molecule has 7 nitrogen and oxygen atoms in total. The molecule has 0 unspecified atom stereocenters. The number of rotatable bonds is 7. The van der Waals surface area contributed by atoms with E-state index in [9.17, 15) is 13.2 Å². The summed E-state index contributed by atoms with van der Waals surface area (Å²) in [5.41, 5.74) is 1.27. The van der Waals surface area contributed by atoms with Gasteiger partial charge in [-0.05, 0) is 30.7 Å². The van der Waals surface area contributed by atoms with E-state index >= 15 is 0 Å². The normalized spacial score (nSPS) is 12.2. The first-order chi connectivity index (χ1) is 13.1. The average Bonchev–Trinajstić information content (AvgIpc) is 2.65. The maximum absolute atomic E-state index is 13.0. The van der Waals surface area contributed by atoms with Gasteiger partial charge in [-0.25, -0.2) is 8.42 Å². The molecule has 0 radical (unpaired) electrons. The highest BCUT2D eigenvalue weighted by Gasteiger charge is 2.24. The van der Waals surface area contributed by atoms with Crippen molar-refractivity contribution in [2.24, 2.45) is 0 Å². The Balaban J connectivity index is 2.46. The van der Waals surface area contributed by atoms with Crippen LogP contribution in [-0.2, 0) is 10.0 Å². The minimum atomic E-state index is -3.59. The second kappa shape index (κ2) is 8.83. The van der Waals surface area contributed by atoms with E-state index in [1.54, 1.807) is 0 Å². The molecule has 9 heteroatoms. The lowest BCUT2D eigenvalue weighted by atomic mass is 10.1. The summed E-state index contributed by atoms with van der Waals surface area (Å²) in [4.78, 5) is 13.0. The molecule has 0 aliphatic carbocycles. The zero-order chi connectivity index (χ0) is 21.1. The third kappa shape index (κ3) is 4.96. The molecule has 0 spiro atoms. The first-order valence-corrected chi connectivity index (χ1v) is 11.0. The lowest BCUT2D eigenvalue weighted by molar-refractivity contribution is 0.0940. The number of nitrogens with zero attached hydrogens (tertiary/aromatic N) is 1. The van der Waals surface area contributed by atoms with Crippen LogP contribution in [0.5, 0.6) is 11.5 Å². The van der Waals surface area contributed by atoms with Crippen LogP contribution in [0.4, 0.5) is 5.69 Å². The molecule has 0 saturated heterocycles. The van der Waals surface area contributed by atoms with Crippen LogP contribution in [0.2, 0.25) is 0 Å². The van der Waals surface area contributed by atoms with E-state index in [1.807, 2.05) is 31.2 Å². The summed E-state index contributed by atoms with van der Waals surface area (Å²) in [6, 6.07) is 10.2. The molecule has 1 atom stereocenters. The van der Waals surface area contributed by atoms with Crippen LogP contribution in [0.15, 0.2) is 40.9 Å². The van der Waals surface area contributed by atoms with Crippen molar-refractivity contribution in [2.45, 2.75) is 13.0 Å². The highest BCUT2D eigenvalue weighted by Crippen LogP contribution is 2.36. The zero-order valence-corrected chi connectivity index (χ0v) is 18.7. The monoisotopic (exact) mass is 470 g/mol. The highest BCUT2D eigenvalue weighted by atomic mass is 79.9.